The topological polar surface area (TPSA) is 407 Å². The minimum atomic E-state index is -5.61. The molecule has 0 bridgehead atoms. The molecule has 112 valence electrons. The first-order valence-corrected chi connectivity index (χ1v) is 2.45. The van der Waals surface area contributed by atoms with Crippen LogP contribution in [0, 0.1) is 0 Å². The summed E-state index contributed by atoms with van der Waals surface area (Å²) in [5.74, 6) is 0. The molecule has 0 aromatic heterocycles. The zero-order valence-electron chi connectivity index (χ0n) is 8.55. The van der Waals surface area contributed by atoms with Gasteiger partial charge in [0.15, 0.2) is 0 Å². The maximum absolute atomic E-state index is 8.58. The van der Waals surface area contributed by atoms with Crippen LogP contribution in [0.5, 0.6) is 0 Å². The third-order valence-corrected chi connectivity index (χ3v) is 0. The Balaban J connectivity index is -0.00000000121. The summed E-state index contributed by atoms with van der Waals surface area (Å²) < 4.78 is 0. The van der Waals surface area contributed by atoms with Crippen LogP contribution in [-0.2, 0) is 0 Å². The Labute approximate surface area is 156 Å². The van der Waals surface area contributed by atoms with Crippen LogP contribution in [0.1, 0.15) is 0 Å². The van der Waals surface area contributed by atoms with Crippen molar-refractivity contribution in [3.8, 4) is 0 Å². The van der Waals surface area contributed by atoms with Crippen LogP contribution in [0.15, 0.2) is 0 Å². The molecule has 0 atom stereocenters. The van der Waals surface area contributed by atoms with Crippen LogP contribution in [0.4, 0.5) is 0 Å². The van der Waals surface area contributed by atoms with Crippen LogP contribution >= 0.6 is 0 Å². The molecule has 0 saturated heterocycles. The fraction of sp³-hybridized carbons (Fsp3) is 0. The third-order valence-electron chi connectivity index (χ3n) is 0. The summed E-state index contributed by atoms with van der Waals surface area (Å²) in [6.07, 6.45) is 0. The van der Waals surface area contributed by atoms with Gasteiger partial charge in [-0.1, -0.05) is 0 Å². The molecule has 0 unspecified atom stereocenters. The van der Waals surface area contributed by atoms with Crippen molar-refractivity contribution < 1.29 is 73.9 Å². The van der Waals surface area contributed by atoms with Gasteiger partial charge in [0.1, 0.15) is 0 Å². The molecule has 0 spiro atoms. The molecule has 0 heterocycles. The summed E-state index contributed by atoms with van der Waals surface area (Å²) in [4.78, 5) is 34.3. The zero-order valence-corrected chi connectivity index (χ0v) is 14.0. The summed E-state index contributed by atoms with van der Waals surface area (Å²) in [6.45, 7) is 0. The van der Waals surface area contributed by atoms with Gasteiger partial charge in [-0.15, -0.1) is 0 Å². The van der Waals surface area contributed by atoms with E-state index in [0.717, 1.165) is 0 Å². The van der Waals surface area contributed by atoms with E-state index in [9.17, 15) is 0 Å². The molecular formula is H20Ca2O14Si. The van der Waals surface area contributed by atoms with Crippen molar-refractivity contribution in [3.63, 3.8) is 0 Å². The van der Waals surface area contributed by atoms with Gasteiger partial charge in [0.05, 0.1) is 0 Å². The molecule has 0 aliphatic rings. The predicted molar refractivity (Wildman–Crippen MR) is 53.4 cm³/mol. The fourth-order valence-electron chi connectivity index (χ4n) is 0. The fourth-order valence-corrected chi connectivity index (χ4v) is 0. The molecule has 0 rings (SSSR count). The van der Waals surface area contributed by atoms with Crippen molar-refractivity contribution in [2.75, 3.05) is 0 Å². The van der Waals surface area contributed by atoms with Crippen molar-refractivity contribution in [2.24, 2.45) is 0 Å². The Kier molecular flexibility index (Phi) is 784. The van der Waals surface area contributed by atoms with E-state index in [1.54, 1.807) is 0 Å². The monoisotopic (exact) mass is 352 g/mol. The van der Waals surface area contributed by atoms with Gasteiger partial charge in [-0.3, -0.25) is 0 Å². The van der Waals surface area contributed by atoms with Crippen molar-refractivity contribution in [1.29, 1.82) is 0 Å². The van der Waals surface area contributed by atoms with Crippen molar-refractivity contribution in [2.45, 2.75) is 0 Å². The molecule has 0 aliphatic carbocycles. The molecule has 0 fully saturated rings. The number of hydrogen-bond acceptors (Lipinski definition) is 4. The molecule has 17 heavy (non-hydrogen) atoms. The Hall–Kier alpha value is 2.18. The quantitative estimate of drug-likeness (QED) is 0.382. The van der Waals surface area contributed by atoms with E-state index in [1.807, 2.05) is 0 Å². The molecule has 0 saturated carbocycles. The van der Waals surface area contributed by atoms with Gasteiger partial charge in [-0.05, 0) is 0 Å². The molecular weight excluding hydrogens is 332 g/mol. The molecule has 17 heteroatoms. The summed E-state index contributed by atoms with van der Waals surface area (Å²) in [6, 6.07) is 0. The van der Waals surface area contributed by atoms with E-state index in [2.05, 4.69) is 0 Å². The van der Waals surface area contributed by atoms with Crippen LogP contribution < -0.4 is 19.2 Å². The van der Waals surface area contributed by atoms with Crippen LogP contribution in [0.2, 0.25) is 0 Å². The van der Waals surface area contributed by atoms with Gasteiger partial charge >= 0.3 is 75.5 Å². The van der Waals surface area contributed by atoms with Crippen molar-refractivity contribution in [1.82, 2.24) is 0 Å². The Morgan fingerprint density at radius 2 is 0.353 bits per heavy atom. The average Bonchev–Trinajstić information content (AvgIpc) is 0.722. The van der Waals surface area contributed by atoms with Gasteiger partial charge in [0, 0.05) is 0 Å². The van der Waals surface area contributed by atoms with Crippen molar-refractivity contribution in [3.05, 3.63) is 0 Å². The van der Waals surface area contributed by atoms with E-state index in [4.69, 9.17) is 19.2 Å². The third kappa shape index (κ3) is 1000. The van der Waals surface area contributed by atoms with E-state index in [0.29, 0.717) is 0 Å². The SMILES string of the molecule is O.O.O.O.O.O.O.O.O.O.[Ca+2].[Ca+2].[O-][Si]([O-])([O-])[O-]. The van der Waals surface area contributed by atoms with Gasteiger partial charge < -0.3 is 83.0 Å². The molecule has 0 aromatic rings. The Bertz CT molecular complexity index is 29.7. The zero-order chi connectivity index (χ0) is 4.50. The standard InChI is InChI=1S/2Ca.O4Si.10H2O/c;;1-5(2,3)4;;;;;;;;;;/h;;;10*1H2/q2*+2;-4;;;;;;;;;;. The van der Waals surface area contributed by atoms with Gasteiger partial charge in [-0.2, -0.15) is 0 Å². The van der Waals surface area contributed by atoms with Crippen LogP contribution in [0.25, 0.3) is 0 Å². The molecule has 0 radical (unpaired) electrons. The summed E-state index contributed by atoms with van der Waals surface area (Å²) in [5, 5.41) is 0. The maximum Gasteiger partial charge on any atom is 2.00 e. The minimum absolute atomic E-state index is 0. The number of rotatable bonds is 0. The first kappa shape index (κ1) is 166. The molecule has 0 amide bonds. The second kappa shape index (κ2) is 80.2. The van der Waals surface area contributed by atoms with E-state index in [1.165, 1.54) is 0 Å². The minimum Gasteiger partial charge on any atom is -0.894 e. The van der Waals surface area contributed by atoms with Crippen molar-refractivity contribution >= 4 is 84.5 Å². The first-order valence-electron chi connectivity index (χ1n) is 0.816. The van der Waals surface area contributed by atoms with Crippen LogP contribution in [-0.4, -0.2) is 139 Å². The van der Waals surface area contributed by atoms with E-state index >= 15 is 0 Å². The molecule has 0 aromatic carbocycles. The van der Waals surface area contributed by atoms with E-state index < -0.39 is 9.05 Å². The summed E-state index contributed by atoms with van der Waals surface area (Å²) in [5.41, 5.74) is 0. The summed E-state index contributed by atoms with van der Waals surface area (Å²) in [7, 11) is -5.61. The molecule has 0 aliphatic heterocycles. The number of hydrogen-bond donors (Lipinski definition) is 0. The predicted octanol–water partition coefficient (Wildman–Crippen LogP) is -14.1. The summed E-state index contributed by atoms with van der Waals surface area (Å²) >= 11 is 0. The Morgan fingerprint density at radius 3 is 0.353 bits per heavy atom. The first-order chi connectivity index (χ1) is 2.00. The van der Waals surface area contributed by atoms with Gasteiger partial charge in [0.25, 0.3) is 0 Å². The maximum atomic E-state index is 8.58. The molecule has 20 N–H and O–H groups in total. The van der Waals surface area contributed by atoms with Gasteiger partial charge in [0.2, 0.25) is 0 Å². The van der Waals surface area contributed by atoms with Gasteiger partial charge in [-0.25, -0.2) is 0 Å². The largest absolute Gasteiger partial charge is 2.00 e. The second-order valence-corrected chi connectivity index (χ2v) is 1.50. The average molecular weight is 352 g/mol. The normalized spacial score (nSPS) is 3.53. The second-order valence-electron chi connectivity index (χ2n) is 0.500. The smallest absolute Gasteiger partial charge is 0.894 e. The molecule has 14 nitrogen and oxygen atoms in total. The van der Waals surface area contributed by atoms with E-state index in [-0.39, 0.29) is 130 Å². The Morgan fingerprint density at radius 1 is 0.353 bits per heavy atom. The van der Waals surface area contributed by atoms with Crippen LogP contribution in [0.3, 0.4) is 0 Å².